The number of carbonyl (C=O) groups is 2. The van der Waals surface area contributed by atoms with Crippen molar-refractivity contribution in [1.29, 1.82) is 0 Å². The van der Waals surface area contributed by atoms with Crippen LogP contribution in [0.5, 0.6) is 5.75 Å². The second-order valence-corrected chi connectivity index (χ2v) is 8.71. The average Bonchev–Trinajstić information content (AvgIpc) is 3.04. The molecule has 4 rings (SSSR count). The number of anilines is 1. The number of Topliss-reactive ketones (excluding diaryl/α,β-unsaturated/α-hetero) is 1. The summed E-state index contributed by atoms with van der Waals surface area (Å²) >= 11 is 12.5. The summed E-state index contributed by atoms with van der Waals surface area (Å²) in [6.45, 7) is 3.86. The van der Waals surface area contributed by atoms with Crippen LogP contribution in [-0.2, 0) is 9.59 Å². The number of halogens is 2. The smallest absolute Gasteiger partial charge is 0.300 e. The summed E-state index contributed by atoms with van der Waals surface area (Å²) in [7, 11) is 1.43. The van der Waals surface area contributed by atoms with E-state index in [2.05, 4.69) is 0 Å². The van der Waals surface area contributed by atoms with Gasteiger partial charge in [0.05, 0.1) is 28.8 Å². The standard InChI is InChI=1S/C26H21Cl2NO4/c1-14-7-9-18(10-8-14)29-22(16-6-4-5-15(2)11-16)21(24(31)26(29)32)23(30)17-12-19(27)25(33-3)20(28)13-17/h4-13,22,30H,1-3H3/b23-21+. The summed E-state index contributed by atoms with van der Waals surface area (Å²) in [4.78, 5) is 27.8. The molecule has 1 amide bonds. The van der Waals surface area contributed by atoms with E-state index < -0.39 is 17.7 Å². The molecule has 0 radical (unpaired) electrons. The first-order valence-electron chi connectivity index (χ1n) is 10.2. The van der Waals surface area contributed by atoms with Crippen molar-refractivity contribution < 1.29 is 19.4 Å². The number of hydrogen-bond donors (Lipinski definition) is 1. The second kappa shape index (κ2) is 8.93. The predicted molar refractivity (Wildman–Crippen MR) is 130 cm³/mol. The molecule has 1 aliphatic rings. The minimum absolute atomic E-state index is 0.0384. The predicted octanol–water partition coefficient (Wildman–Crippen LogP) is 6.25. The third-order valence-electron chi connectivity index (χ3n) is 5.59. The number of benzene rings is 3. The largest absolute Gasteiger partial charge is 0.507 e. The van der Waals surface area contributed by atoms with Crippen LogP contribution < -0.4 is 9.64 Å². The molecular formula is C26H21Cl2NO4. The molecule has 7 heteroatoms. The molecule has 1 N–H and O–H groups in total. The molecule has 3 aromatic carbocycles. The van der Waals surface area contributed by atoms with Gasteiger partial charge in [-0.2, -0.15) is 0 Å². The van der Waals surface area contributed by atoms with Crippen molar-refractivity contribution in [3.63, 3.8) is 0 Å². The van der Waals surface area contributed by atoms with Crippen LogP contribution in [0.4, 0.5) is 5.69 Å². The van der Waals surface area contributed by atoms with Crippen molar-refractivity contribution in [2.45, 2.75) is 19.9 Å². The number of nitrogens with zero attached hydrogens (tertiary/aromatic N) is 1. The Kier molecular flexibility index (Phi) is 6.19. The average molecular weight is 482 g/mol. The van der Waals surface area contributed by atoms with E-state index in [1.54, 1.807) is 12.1 Å². The number of amides is 1. The highest BCUT2D eigenvalue weighted by Crippen LogP contribution is 2.44. The van der Waals surface area contributed by atoms with Gasteiger partial charge < -0.3 is 9.84 Å². The lowest BCUT2D eigenvalue weighted by molar-refractivity contribution is -0.132. The molecule has 5 nitrogen and oxygen atoms in total. The normalized spacial score (nSPS) is 17.5. The lowest BCUT2D eigenvalue weighted by Gasteiger charge is -2.26. The number of aliphatic hydroxyl groups excluding tert-OH is 1. The van der Waals surface area contributed by atoms with Gasteiger partial charge in [0.1, 0.15) is 5.76 Å². The third-order valence-corrected chi connectivity index (χ3v) is 6.15. The Balaban J connectivity index is 1.96. The summed E-state index contributed by atoms with van der Waals surface area (Å²) in [6.07, 6.45) is 0. The Morgan fingerprint density at radius 3 is 2.15 bits per heavy atom. The van der Waals surface area contributed by atoms with Gasteiger partial charge in [-0.05, 0) is 43.7 Å². The van der Waals surface area contributed by atoms with Gasteiger partial charge >= 0.3 is 0 Å². The summed E-state index contributed by atoms with van der Waals surface area (Å²) in [5.74, 6) is -1.62. The monoisotopic (exact) mass is 481 g/mol. The number of ether oxygens (including phenoxy) is 1. The van der Waals surface area contributed by atoms with Gasteiger partial charge in [-0.3, -0.25) is 14.5 Å². The molecule has 0 aromatic heterocycles. The quantitative estimate of drug-likeness (QED) is 0.271. The number of rotatable bonds is 4. The Bertz CT molecular complexity index is 1270. The van der Waals surface area contributed by atoms with Crippen molar-refractivity contribution in [2.75, 3.05) is 12.0 Å². The minimum atomic E-state index is -0.827. The third kappa shape index (κ3) is 4.10. The highest BCUT2D eigenvalue weighted by Gasteiger charge is 2.47. The van der Waals surface area contributed by atoms with Crippen LogP contribution in [0.15, 0.2) is 66.2 Å². The number of aryl methyl sites for hydroxylation is 2. The first kappa shape index (κ1) is 22.9. The van der Waals surface area contributed by atoms with Crippen molar-refractivity contribution in [2.24, 2.45) is 0 Å². The lowest BCUT2D eigenvalue weighted by atomic mass is 9.94. The van der Waals surface area contributed by atoms with Crippen LogP contribution in [-0.4, -0.2) is 23.9 Å². The molecular weight excluding hydrogens is 461 g/mol. The number of methoxy groups -OCH3 is 1. The number of hydrogen-bond acceptors (Lipinski definition) is 4. The fraction of sp³-hybridized carbons (Fsp3) is 0.154. The Labute approximate surface area is 201 Å². The van der Waals surface area contributed by atoms with E-state index in [9.17, 15) is 14.7 Å². The summed E-state index contributed by atoms with van der Waals surface area (Å²) in [5, 5.41) is 11.6. The number of ketones is 1. The molecule has 168 valence electrons. The highest BCUT2D eigenvalue weighted by atomic mass is 35.5. The van der Waals surface area contributed by atoms with Crippen LogP contribution in [0.3, 0.4) is 0 Å². The van der Waals surface area contributed by atoms with Gasteiger partial charge in [0.2, 0.25) is 0 Å². The van der Waals surface area contributed by atoms with Crippen molar-refractivity contribution in [3.05, 3.63) is 98.5 Å². The summed E-state index contributed by atoms with van der Waals surface area (Å²) in [5.41, 5.74) is 3.40. The zero-order chi connectivity index (χ0) is 23.9. The highest BCUT2D eigenvalue weighted by molar-refractivity contribution is 6.51. The van der Waals surface area contributed by atoms with Gasteiger partial charge in [0.15, 0.2) is 5.75 Å². The van der Waals surface area contributed by atoms with E-state index in [0.717, 1.165) is 11.1 Å². The van der Waals surface area contributed by atoms with Gasteiger partial charge in [-0.1, -0.05) is 70.7 Å². The van der Waals surface area contributed by atoms with Gasteiger partial charge in [0.25, 0.3) is 11.7 Å². The first-order valence-corrected chi connectivity index (χ1v) is 11.0. The Morgan fingerprint density at radius 1 is 0.939 bits per heavy atom. The second-order valence-electron chi connectivity index (χ2n) is 7.89. The van der Waals surface area contributed by atoms with Crippen LogP contribution in [0.1, 0.15) is 28.3 Å². The molecule has 1 saturated heterocycles. The van der Waals surface area contributed by atoms with Crippen molar-refractivity contribution in [3.8, 4) is 5.75 Å². The zero-order valence-corrected chi connectivity index (χ0v) is 19.7. The van der Waals surface area contributed by atoms with E-state index in [-0.39, 0.29) is 32.7 Å². The van der Waals surface area contributed by atoms with Gasteiger partial charge in [-0.25, -0.2) is 0 Å². The molecule has 1 heterocycles. The molecule has 33 heavy (non-hydrogen) atoms. The van der Waals surface area contributed by atoms with E-state index in [1.807, 2.05) is 50.2 Å². The summed E-state index contributed by atoms with van der Waals surface area (Å²) < 4.78 is 5.17. The minimum Gasteiger partial charge on any atom is -0.507 e. The zero-order valence-electron chi connectivity index (χ0n) is 18.2. The van der Waals surface area contributed by atoms with Crippen LogP contribution in [0, 0.1) is 13.8 Å². The molecule has 1 unspecified atom stereocenters. The first-order chi connectivity index (χ1) is 15.7. The Hall–Kier alpha value is -3.28. The maximum Gasteiger partial charge on any atom is 0.300 e. The SMILES string of the molecule is COc1c(Cl)cc(/C(O)=C2\C(=O)C(=O)N(c3ccc(C)cc3)C2c2cccc(C)c2)cc1Cl. The fourth-order valence-electron chi connectivity index (χ4n) is 4.01. The summed E-state index contributed by atoms with van der Waals surface area (Å²) in [6, 6.07) is 16.9. The molecule has 3 aromatic rings. The molecule has 1 fully saturated rings. The van der Waals surface area contributed by atoms with Gasteiger partial charge in [-0.15, -0.1) is 0 Å². The molecule has 1 aliphatic heterocycles. The molecule has 0 bridgehead atoms. The topological polar surface area (TPSA) is 66.8 Å². The Morgan fingerprint density at radius 2 is 1.58 bits per heavy atom. The van der Waals surface area contributed by atoms with Crippen LogP contribution >= 0.6 is 23.2 Å². The maximum atomic E-state index is 13.2. The number of aliphatic hydroxyl groups is 1. The lowest BCUT2D eigenvalue weighted by Crippen LogP contribution is -2.29. The van der Waals surface area contributed by atoms with Crippen LogP contribution in [0.2, 0.25) is 10.0 Å². The number of carbonyl (C=O) groups excluding carboxylic acids is 2. The van der Waals surface area contributed by atoms with Gasteiger partial charge in [0, 0.05) is 11.3 Å². The molecule has 0 saturated carbocycles. The van der Waals surface area contributed by atoms with E-state index in [0.29, 0.717) is 11.3 Å². The molecule has 0 spiro atoms. The molecule has 1 atom stereocenters. The van der Waals surface area contributed by atoms with E-state index in [1.165, 1.54) is 24.1 Å². The molecule has 0 aliphatic carbocycles. The maximum absolute atomic E-state index is 13.2. The van der Waals surface area contributed by atoms with Crippen LogP contribution in [0.25, 0.3) is 5.76 Å². The van der Waals surface area contributed by atoms with Crippen molar-refractivity contribution in [1.82, 2.24) is 0 Å². The van der Waals surface area contributed by atoms with Crippen molar-refractivity contribution >= 4 is 46.3 Å². The van der Waals surface area contributed by atoms with E-state index >= 15 is 0 Å². The van der Waals surface area contributed by atoms with E-state index in [4.69, 9.17) is 27.9 Å². The fourth-order valence-corrected chi connectivity index (χ4v) is 4.65.